The van der Waals surface area contributed by atoms with Crippen LogP contribution in [0.4, 0.5) is 4.79 Å². The molecule has 0 fully saturated rings. The Hall–Kier alpha value is -1.79. The molecule has 0 aliphatic heterocycles. The van der Waals surface area contributed by atoms with Gasteiger partial charge in [-0.15, -0.1) is 0 Å². The van der Waals surface area contributed by atoms with Crippen LogP contribution in [0.25, 0.3) is 0 Å². The molecule has 92 valence electrons. The number of carbonyl (C=O) groups is 3. The van der Waals surface area contributed by atoms with Crippen molar-refractivity contribution >= 4 is 18.0 Å². The molecule has 0 saturated carbocycles. The standard InChI is InChI=1S/C9H16N2O5/c1-2-3-4-10-9(16)11-6(8(14)15)5-7(12)13/h6H,2-5H2,1H3,(H,12,13)(H,14,15)(H2,10,11,16)/t6-/m0/s1. The molecule has 7 heteroatoms. The SMILES string of the molecule is CCCCNC(=O)N[C@@H](CC(=O)O)C(=O)O. The van der Waals surface area contributed by atoms with E-state index in [0.717, 1.165) is 12.8 Å². The Morgan fingerprint density at radius 3 is 2.31 bits per heavy atom. The second-order valence-electron chi connectivity index (χ2n) is 3.24. The predicted molar refractivity (Wildman–Crippen MR) is 55.1 cm³/mol. The number of unbranched alkanes of at least 4 members (excludes halogenated alkanes) is 1. The van der Waals surface area contributed by atoms with E-state index in [-0.39, 0.29) is 0 Å². The fourth-order valence-corrected chi connectivity index (χ4v) is 0.963. The van der Waals surface area contributed by atoms with Crippen molar-refractivity contribution in [3.05, 3.63) is 0 Å². The lowest BCUT2D eigenvalue weighted by Crippen LogP contribution is -2.47. The second kappa shape index (κ2) is 7.49. The number of hydrogen-bond donors (Lipinski definition) is 4. The molecule has 0 rings (SSSR count). The average molecular weight is 232 g/mol. The molecule has 0 aliphatic rings. The Morgan fingerprint density at radius 1 is 1.25 bits per heavy atom. The van der Waals surface area contributed by atoms with Crippen molar-refractivity contribution in [3.8, 4) is 0 Å². The lowest BCUT2D eigenvalue weighted by molar-refractivity contribution is -0.145. The fourth-order valence-electron chi connectivity index (χ4n) is 0.963. The zero-order chi connectivity index (χ0) is 12.6. The van der Waals surface area contributed by atoms with E-state index in [1.54, 1.807) is 0 Å². The molecular formula is C9H16N2O5. The van der Waals surface area contributed by atoms with Gasteiger partial charge in [-0.3, -0.25) is 4.79 Å². The zero-order valence-electron chi connectivity index (χ0n) is 9.02. The van der Waals surface area contributed by atoms with E-state index in [0.29, 0.717) is 6.54 Å². The molecule has 0 aliphatic carbocycles. The minimum Gasteiger partial charge on any atom is -0.481 e. The summed E-state index contributed by atoms with van der Waals surface area (Å²) < 4.78 is 0. The third kappa shape index (κ3) is 6.63. The average Bonchev–Trinajstić information content (AvgIpc) is 2.16. The number of aliphatic carboxylic acids is 2. The van der Waals surface area contributed by atoms with E-state index in [1.807, 2.05) is 6.92 Å². The Balaban J connectivity index is 4.03. The Morgan fingerprint density at radius 2 is 1.88 bits per heavy atom. The molecule has 0 spiro atoms. The molecule has 16 heavy (non-hydrogen) atoms. The van der Waals surface area contributed by atoms with Crippen LogP contribution in [0.15, 0.2) is 0 Å². The van der Waals surface area contributed by atoms with Gasteiger partial charge in [-0.2, -0.15) is 0 Å². The van der Waals surface area contributed by atoms with Crippen LogP contribution in [0.5, 0.6) is 0 Å². The van der Waals surface area contributed by atoms with Crippen LogP contribution in [0.1, 0.15) is 26.2 Å². The van der Waals surface area contributed by atoms with Crippen molar-refractivity contribution in [3.63, 3.8) is 0 Å². The van der Waals surface area contributed by atoms with Crippen LogP contribution in [-0.2, 0) is 9.59 Å². The van der Waals surface area contributed by atoms with E-state index < -0.39 is 30.4 Å². The summed E-state index contributed by atoms with van der Waals surface area (Å²) in [6.45, 7) is 2.38. The van der Waals surface area contributed by atoms with Gasteiger partial charge in [-0.25, -0.2) is 9.59 Å². The molecule has 7 nitrogen and oxygen atoms in total. The maximum Gasteiger partial charge on any atom is 0.326 e. The number of carboxylic acid groups (broad SMARTS) is 2. The molecule has 0 aromatic rings. The number of carbonyl (C=O) groups excluding carboxylic acids is 1. The summed E-state index contributed by atoms with van der Waals surface area (Å²) in [7, 11) is 0. The van der Waals surface area contributed by atoms with Gasteiger partial charge in [0.15, 0.2) is 0 Å². The topological polar surface area (TPSA) is 116 Å². The summed E-state index contributed by atoms with van der Waals surface area (Å²) in [5.41, 5.74) is 0. The number of amides is 2. The van der Waals surface area contributed by atoms with Gasteiger partial charge in [-0.1, -0.05) is 13.3 Å². The molecule has 0 radical (unpaired) electrons. The Labute approximate surface area is 92.8 Å². The van der Waals surface area contributed by atoms with Gasteiger partial charge >= 0.3 is 18.0 Å². The number of nitrogens with one attached hydrogen (secondary N) is 2. The lowest BCUT2D eigenvalue weighted by Gasteiger charge is -2.12. The summed E-state index contributed by atoms with van der Waals surface area (Å²) in [6, 6.07) is -2.07. The van der Waals surface area contributed by atoms with Gasteiger partial charge < -0.3 is 20.8 Å². The maximum atomic E-state index is 11.1. The van der Waals surface area contributed by atoms with Crippen LogP contribution < -0.4 is 10.6 Å². The lowest BCUT2D eigenvalue weighted by atomic mass is 10.2. The summed E-state index contributed by atoms with van der Waals surface area (Å²) in [5, 5.41) is 21.6. The number of carboxylic acids is 2. The maximum absolute atomic E-state index is 11.1. The van der Waals surface area contributed by atoms with Gasteiger partial charge in [0, 0.05) is 6.54 Å². The first-order chi connectivity index (χ1) is 7.47. The summed E-state index contributed by atoms with van der Waals surface area (Å²) in [6.07, 6.45) is 1.04. The highest BCUT2D eigenvalue weighted by Gasteiger charge is 2.22. The van der Waals surface area contributed by atoms with E-state index >= 15 is 0 Å². The zero-order valence-corrected chi connectivity index (χ0v) is 9.02. The fraction of sp³-hybridized carbons (Fsp3) is 0.667. The molecule has 0 heterocycles. The van der Waals surface area contributed by atoms with Crippen LogP contribution in [-0.4, -0.2) is 40.8 Å². The highest BCUT2D eigenvalue weighted by molar-refractivity contribution is 5.86. The third-order valence-electron chi connectivity index (χ3n) is 1.80. The molecular weight excluding hydrogens is 216 g/mol. The molecule has 0 saturated heterocycles. The van der Waals surface area contributed by atoms with Gasteiger partial charge in [0.05, 0.1) is 6.42 Å². The molecule has 0 bridgehead atoms. The van der Waals surface area contributed by atoms with Crippen molar-refractivity contribution in [2.24, 2.45) is 0 Å². The van der Waals surface area contributed by atoms with Gasteiger partial charge in [-0.05, 0) is 6.42 Å². The summed E-state index contributed by atoms with van der Waals surface area (Å²) >= 11 is 0. The first kappa shape index (κ1) is 14.2. The van der Waals surface area contributed by atoms with Crippen molar-refractivity contribution in [1.82, 2.24) is 10.6 Å². The number of hydrogen-bond acceptors (Lipinski definition) is 3. The second-order valence-corrected chi connectivity index (χ2v) is 3.24. The van der Waals surface area contributed by atoms with Crippen molar-refractivity contribution < 1.29 is 24.6 Å². The molecule has 0 unspecified atom stereocenters. The Kier molecular flexibility index (Phi) is 6.66. The van der Waals surface area contributed by atoms with Crippen molar-refractivity contribution in [1.29, 1.82) is 0 Å². The van der Waals surface area contributed by atoms with Crippen LogP contribution in [0, 0.1) is 0 Å². The molecule has 2 amide bonds. The molecule has 0 aromatic heterocycles. The van der Waals surface area contributed by atoms with Crippen LogP contribution in [0.3, 0.4) is 0 Å². The number of rotatable bonds is 7. The van der Waals surface area contributed by atoms with Gasteiger partial charge in [0.25, 0.3) is 0 Å². The quantitative estimate of drug-likeness (QED) is 0.461. The van der Waals surface area contributed by atoms with Gasteiger partial charge in [0.2, 0.25) is 0 Å². The normalized spacial score (nSPS) is 11.6. The van der Waals surface area contributed by atoms with Crippen LogP contribution >= 0.6 is 0 Å². The summed E-state index contributed by atoms with van der Waals surface area (Å²) in [5.74, 6) is -2.64. The van der Waals surface area contributed by atoms with Crippen molar-refractivity contribution in [2.75, 3.05) is 6.54 Å². The minimum atomic E-state index is -1.40. The van der Waals surface area contributed by atoms with E-state index in [9.17, 15) is 14.4 Å². The molecule has 4 N–H and O–H groups in total. The largest absolute Gasteiger partial charge is 0.481 e. The first-order valence-electron chi connectivity index (χ1n) is 4.96. The van der Waals surface area contributed by atoms with E-state index in [4.69, 9.17) is 10.2 Å². The molecule has 0 aromatic carbocycles. The monoisotopic (exact) mass is 232 g/mol. The number of urea groups is 1. The first-order valence-corrected chi connectivity index (χ1v) is 4.96. The summed E-state index contributed by atoms with van der Waals surface area (Å²) in [4.78, 5) is 32.1. The highest BCUT2D eigenvalue weighted by atomic mass is 16.4. The molecule has 1 atom stereocenters. The van der Waals surface area contributed by atoms with E-state index in [2.05, 4.69) is 10.6 Å². The third-order valence-corrected chi connectivity index (χ3v) is 1.80. The van der Waals surface area contributed by atoms with E-state index in [1.165, 1.54) is 0 Å². The van der Waals surface area contributed by atoms with Gasteiger partial charge in [0.1, 0.15) is 6.04 Å². The minimum absolute atomic E-state index is 0.432. The predicted octanol–water partition coefficient (Wildman–Crippen LogP) is 0.0136. The highest BCUT2D eigenvalue weighted by Crippen LogP contribution is 1.92. The smallest absolute Gasteiger partial charge is 0.326 e. The Bertz CT molecular complexity index is 267. The van der Waals surface area contributed by atoms with Crippen LogP contribution in [0.2, 0.25) is 0 Å². The van der Waals surface area contributed by atoms with Crippen molar-refractivity contribution in [2.45, 2.75) is 32.2 Å².